The summed E-state index contributed by atoms with van der Waals surface area (Å²) in [6.45, 7) is 0. The van der Waals surface area contributed by atoms with Gasteiger partial charge in [0.15, 0.2) is 0 Å². The topological polar surface area (TPSA) is 44.8 Å². The molecule has 9 rings (SSSR count). The van der Waals surface area contributed by atoms with Crippen LogP contribution < -0.4 is 0 Å². The molecule has 0 bridgehead atoms. The molecule has 0 fully saturated rings. The second kappa shape index (κ2) is 22.6. The van der Waals surface area contributed by atoms with E-state index in [0.717, 1.165) is 73.7 Å². The SMILES string of the molecule is O=P(OC1=CC=C(Br)C(Br)(c2ccc(Br)cc2)C1c1ccc(Br)cc1)(OC1=CC=C(Br)C(Br)(c2ccc(Br)cc2)C1c1ccc(Br)cc1)OC1=CC=C(Br)C(Br)(c2ccc(Br)cc2)C1c1ccc(Br)cc1. The lowest BCUT2D eigenvalue weighted by atomic mass is 9.77. The molecule has 6 unspecified atom stereocenters. The summed E-state index contributed by atoms with van der Waals surface area (Å²) in [5.41, 5.74) is 5.36. The third kappa shape index (κ3) is 11.2. The monoisotopic (exact) mass is 1720 g/mol. The second-order valence-electron chi connectivity index (χ2n) is 16.6. The summed E-state index contributed by atoms with van der Waals surface area (Å²) >= 11 is 46.4. The van der Waals surface area contributed by atoms with Gasteiger partial charge in [-0.25, -0.2) is 0 Å². The maximum Gasteiger partial charge on any atom is 0.646 e. The molecule has 6 atom stereocenters. The van der Waals surface area contributed by atoms with Crippen molar-refractivity contribution in [1.29, 1.82) is 0 Å². The Morgan fingerprint density at radius 3 is 0.718 bits per heavy atom. The summed E-state index contributed by atoms with van der Waals surface area (Å²) in [7, 11) is -4.90. The molecule has 0 N–H and O–H groups in total. The molecule has 362 valence electrons. The van der Waals surface area contributed by atoms with E-state index in [1.54, 1.807) is 0 Å². The average Bonchev–Trinajstić information content (AvgIpc) is 3.35. The number of alkyl halides is 3. The van der Waals surface area contributed by atoms with Gasteiger partial charge >= 0.3 is 7.82 Å². The lowest BCUT2D eigenvalue weighted by Gasteiger charge is -2.43. The Balaban J connectivity index is 1.25. The van der Waals surface area contributed by atoms with Gasteiger partial charge in [-0.15, -0.1) is 0 Å². The van der Waals surface area contributed by atoms with E-state index in [1.807, 2.05) is 182 Å². The molecule has 71 heavy (non-hydrogen) atoms. The first-order valence-electron chi connectivity index (χ1n) is 21.4. The van der Waals surface area contributed by atoms with Crippen molar-refractivity contribution in [3.8, 4) is 0 Å². The highest BCUT2D eigenvalue weighted by atomic mass is 79.9. The molecule has 6 aromatic rings. The van der Waals surface area contributed by atoms with Crippen LogP contribution in [0.1, 0.15) is 51.1 Å². The Kier molecular flexibility index (Phi) is 17.5. The zero-order valence-electron chi connectivity index (χ0n) is 36.2. The summed E-state index contributed by atoms with van der Waals surface area (Å²) < 4.78 is 43.5. The minimum Gasteiger partial charge on any atom is -0.390 e. The quantitative estimate of drug-likeness (QED) is 0.0905. The molecular formula is C54H33Br12O4P. The zero-order valence-corrected chi connectivity index (χ0v) is 56.1. The van der Waals surface area contributed by atoms with E-state index >= 15 is 4.57 Å². The fourth-order valence-corrected chi connectivity index (χ4v) is 16.4. The molecule has 6 aromatic carbocycles. The standard InChI is InChI=1S/C54H33Br12O4P/c55-37-13-1-31(2-14-37)49-43(25-28-46(61)52(49,64)34-7-19-40(58)20-8-34)68-71(67,69-44-26-29-47(62)53(65,35-9-21-41(59)22-10-35)50(44)32-3-15-38(56)16-4-32)70-45-27-30-48(63)54(66,36-11-23-42(60)24-12-36)51(45)33-5-17-39(57)18-6-33/h1-30,49-51H. The second-order valence-corrected chi connectivity index (χ2v) is 29.8. The molecule has 0 radical (unpaired) electrons. The molecule has 0 spiro atoms. The predicted molar refractivity (Wildman–Crippen MR) is 331 cm³/mol. The minimum atomic E-state index is -4.90. The number of allylic oxidation sites excluding steroid dienone is 12. The highest BCUT2D eigenvalue weighted by Gasteiger charge is 2.54. The van der Waals surface area contributed by atoms with Crippen molar-refractivity contribution in [3.05, 3.63) is 273 Å². The predicted octanol–water partition coefficient (Wildman–Crippen LogP) is 22.5. The highest BCUT2D eigenvalue weighted by molar-refractivity contribution is 9.14. The van der Waals surface area contributed by atoms with Crippen LogP contribution >= 0.6 is 199 Å². The van der Waals surface area contributed by atoms with Gasteiger partial charge in [0.1, 0.15) is 17.3 Å². The fraction of sp³-hybridized carbons (Fsp3) is 0.111. The Morgan fingerprint density at radius 2 is 0.507 bits per heavy atom. The molecule has 17 heteroatoms. The van der Waals surface area contributed by atoms with E-state index in [0.29, 0.717) is 17.3 Å². The van der Waals surface area contributed by atoms with Gasteiger partial charge in [0.05, 0.1) is 30.7 Å². The molecular weight excluding hydrogens is 1700 g/mol. The van der Waals surface area contributed by atoms with Crippen LogP contribution in [0.3, 0.4) is 0 Å². The molecule has 3 aliphatic carbocycles. The summed E-state index contributed by atoms with van der Waals surface area (Å²) in [5, 5.41) is 0. The minimum absolute atomic E-state index is 0.330. The third-order valence-corrected chi connectivity index (χ3v) is 25.1. The Morgan fingerprint density at radius 1 is 0.310 bits per heavy atom. The molecule has 0 saturated carbocycles. The van der Waals surface area contributed by atoms with Gasteiger partial charge in [-0.1, -0.05) is 264 Å². The van der Waals surface area contributed by atoms with Crippen molar-refractivity contribution in [2.75, 3.05) is 0 Å². The summed E-state index contributed by atoms with van der Waals surface area (Å²) in [6.07, 6.45) is 11.2. The van der Waals surface area contributed by atoms with Crippen LogP contribution in [0.15, 0.2) is 240 Å². The van der Waals surface area contributed by atoms with Gasteiger partial charge in [0.2, 0.25) is 0 Å². The van der Waals surface area contributed by atoms with Crippen molar-refractivity contribution in [2.45, 2.75) is 30.7 Å². The Labute approximate surface area is 513 Å². The van der Waals surface area contributed by atoms with Crippen molar-refractivity contribution in [1.82, 2.24) is 0 Å². The lowest BCUT2D eigenvalue weighted by molar-refractivity contribution is 0.167. The third-order valence-electron chi connectivity index (χ3n) is 12.3. The molecule has 0 amide bonds. The van der Waals surface area contributed by atoms with Gasteiger partial charge < -0.3 is 13.6 Å². The molecule has 0 heterocycles. The van der Waals surface area contributed by atoms with Crippen molar-refractivity contribution in [3.63, 3.8) is 0 Å². The molecule has 3 aliphatic rings. The maximum atomic E-state index is 17.0. The smallest absolute Gasteiger partial charge is 0.390 e. The molecule has 0 saturated heterocycles. The molecule has 0 aliphatic heterocycles. The van der Waals surface area contributed by atoms with Gasteiger partial charge in [0, 0.05) is 40.3 Å². The first-order valence-corrected chi connectivity index (χ1v) is 32.3. The number of hydrogen-bond acceptors (Lipinski definition) is 4. The van der Waals surface area contributed by atoms with Crippen LogP contribution in [0.2, 0.25) is 0 Å². The molecule has 4 nitrogen and oxygen atoms in total. The largest absolute Gasteiger partial charge is 0.646 e. The van der Waals surface area contributed by atoms with Gasteiger partial charge in [-0.05, 0) is 143 Å². The summed E-state index contributed by atoms with van der Waals surface area (Å²) in [5.74, 6) is -0.882. The summed E-state index contributed by atoms with van der Waals surface area (Å²) in [4.78, 5) is 0. The highest BCUT2D eigenvalue weighted by Crippen LogP contribution is 2.68. The first kappa shape index (κ1) is 54.9. The number of phosphoric ester groups is 1. The number of halogens is 12. The Bertz CT molecular complexity index is 2880. The van der Waals surface area contributed by atoms with Crippen molar-refractivity contribution >= 4 is 199 Å². The van der Waals surface area contributed by atoms with E-state index < -0.39 is 38.5 Å². The van der Waals surface area contributed by atoms with E-state index in [1.165, 1.54) is 0 Å². The number of phosphoric acid groups is 1. The van der Waals surface area contributed by atoms with Gasteiger partial charge in [-0.3, -0.25) is 0 Å². The number of rotatable bonds is 12. The normalized spacial score (nSPS) is 25.0. The average molecular weight is 1740 g/mol. The van der Waals surface area contributed by atoms with Crippen molar-refractivity contribution < 1.29 is 18.1 Å². The van der Waals surface area contributed by atoms with Gasteiger partial charge in [-0.2, -0.15) is 4.57 Å². The van der Waals surface area contributed by atoms with E-state index in [9.17, 15) is 0 Å². The maximum absolute atomic E-state index is 17.0. The van der Waals surface area contributed by atoms with Crippen LogP contribution in [0.25, 0.3) is 0 Å². The van der Waals surface area contributed by atoms with Crippen LogP contribution in [0.4, 0.5) is 0 Å². The molecule has 0 aromatic heterocycles. The first-order chi connectivity index (χ1) is 33.8. The van der Waals surface area contributed by atoms with Crippen molar-refractivity contribution in [2.24, 2.45) is 0 Å². The van der Waals surface area contributed by atoms with Crippen LogP contribution in [-0.4, -0.2) is 0 Å². The van der Waals surface area contributed by atoms with Crippen LogP contribution in [0.5, 0.6) is 0 Å². The zero-order chi connectivity index (χ0) is 50.5. The lowest BCUT2D eigenvalue weighted by Crippen LogP contribution is -2.34. The number of benzene rings is 6. The van der Waals surface area contributed by atoms with E-state index in [4.69, 9.17) is 13.6 Å². The van der Waals surface area contributed by atoms with Gasteiger partial charge in [0.25, 0.3) is 0 Å². The van der Waals surface area contributed by atoms with E-state index in [2.05, 4.69) is 191 Å². The van der Waals surface area contributed by atoms with Crippen LogP contribution in [-0.2, 0) is 31.1 Å². The van der Waals surface area contributed by atoms with E-state index in [-0.39, 0.29) is 0 Å². The van der Waals surface area contributed by atoms with Crippen LogP contribution in [0, 0.1) is 0 Å². The Hall–Kier alpha value is -0.850. The fourth-order valence-electron chi connectivity index (χ4n) is 8.95. The number of hydrogen-bond donors (Lipinski definition) is 0. The summed E-state index contributed by atoms with van der Waals surface area (Å²) in [6, 6.07) is 48.3.